The number of amides is 1. The molecule has 1 N–H and O–H groups in total. The van der Waals surface area contributed by atoms with Crippen molar-refractivity contribution in [2.75, 3.05) is 11.9 Å². The number of halogens is 2. The monoisotopic (exact) mass is 419 g/mol. The molecule has 160 valence electrons. The molecule has 0 aliphatic carbocycles. The number of rotatable bonds is 10. The highest BCUT2D eigenvalue weighted by Crippen LogP contribution is 2.16. The Hall–Kier alpha value is -3.29. The zero-order chi connectivity index (χ0) is 22.1. The van der Waals surface area contributed by atoms with Crippen molar-refractivity contribution in [3.8, 4) is 5.75 Å². The van der Waals surface area contributed by atoms with E-state index in [0.717, 1.165) is 18.6 Å². The van der Waals surface area contributed by atoms with Crippen LogP contribution in [0.1, 0.15) is 43.5 Å². The second-order valence-electron chi connectivity index (χ2n) is 6.54. The lowest BCUT2D eigenvalue weighted by Gasteiger charge is -2.14. The maximum atomic E-state index is 13.6. The second-order valence-corrected chi connectivity index (χ2v) is 6.54. The fraction of sp³-hybridized carbons (Fsp3) is 0.318. The van der Waals surface area contributed by atoms with Gasteiger partial charge in [-0.15, -0.1) is 0 Å². The number of hydrogen-bond acceptors (Lipinski definition) is 5. The number of ether oxygens (including phenoxy) is 2. The van der Waals surface area contributed by atoms with Gasteiger partial charge in [-0.2, -0.15) is 0 Å². The summed E-state index contributed by atoms with van der Waals surface area (Å²) in [5, 5.41) is 2.22. The van der Waals surface area contributed by atoms with Gasteiger partial charge in [-0.3, -0.25) is 14.4 Å². The Kier molecular flexibility index (Phi) is 8.46. The standard InChI is InChI=1S/C22H23F2NO5/c1-3-12-29-17-7-4-15(5-8-17)20(26)10-11-21(27)30-14(2)22(28)25-19-9-6-16(23)13-18(19)24/h4-9,13-14H,3,10-12H2,1-2H3,(H,25,28)/t14-/m1/s1. The van der Waals surface area contributed by atoms with Gasteiger partial charge in [0, 0.05) is 18.1 Å². The molecule has 0 saturated heterocycles. The van der Waals surface area contributed by atoms with Gasteiger partial charge in [0.15, 0.2) is 11.9 Å². The van der Waals surface area contributed by atoms with E-state index >= 15 is 0 Å². The van der Waals surface area contributed by atoms with Crippen LogP contribution in [0.15, 0.2) is 42.5 Å². The summed E-state index contributed by atoms with van der Waals surface area (Å²) in [4.78, 5) is 36.2. The highest BCUT2D eigenvalue weighted by Gasteiger charge is 2.20. The zero-order valence-corrected chi connectivity index (χ0v) is 16.7. The summed E-state index contributed by atoms with van der Waals surface area (Å²) in [5.41, 5.74) is 0.204. The zero-order valence-electron chi connectivity index (χ0n) is 16.7. The molecule has 0 unspecified atom stereocenters. The van der Waals surface area contributed by atoms with Crippen molar-refractivity contribution in [3.63, 3.8) is 0 Å². The average molecular weight is 419 g/mol. The molecule has 0 fully saturated rings. The summed E-state index contributed by atoms with van der Waals surface area (Å²) in [6.45, 7) is 3.88. The molecule has 2 aromatic rings. The summed E-state index contributed by atoms with van der Waals surface area (Å²) in [6, 6.07) is 9.28. The smallest absolute Gasteiger partial charge is 0.307 e. The van der Waals surface area contributed by atoms with E-state index in [-0.39, 0.29) is 24.3 Å². The predicted molar refractivity (Wildman–Crippen MR) is 106 cm³/mol. The van der Waals surface area contributed by atoms with Gasteiger partial charge in [-0.05, 0) is 49.7 Å². The van der Waals surface area contributed by atoms with Crippen LogP contribution in [0.3, 0.4) is 0 Å². The first kappa shape index (κ1) is 23.0. The molecule has 2 aromatic carbocycles. The fourth-order valence-electron chi connectivity index (χ4n) is 2.45. The first-order chi connectivity index (χ1) is 14.3. The highest BCUT2D eigenvalue weighted by atomic mass is 19.1. The molecule has 2 rings (SSSR count). The van der Waals surface area contributed by atoms with E-state index in [1.165, 1.54) is 6.92 Å². The molecule has 1 amide bonds. The largest absolute Gasteiger partial charge is 0.494 e. The molecule has 1 atom stereocenters. The molecule has 0 heterocycles. The third kappa shape index (κ3) is 6.95. The Morgan fingerprint density at radius 3 is 2.37 bits per heavy atom. The third-order valence-electron chi connectivity index (χ3n) is 4.07. The second kappa shape index (κ2) is 11.0. The Balaban J connectivity index is 1.80. The summed E-state index contributed by atoms with van der Waals surface area (Å²) in [7, 11) is 0. The highest BCUT2D eigenvalue weighted by molar-refractivity contribution is 5.98. The van der Waals surface area contributed by atoms with Gasteiger partial charge < -0.3 is 14.8 Å². The van der Waals surface area contributed by atoms with Gasteiger partial charge in [0.2, 0.25) is 0 Å². The number of esters is 1. The topological polar surface area (TPSA) is 81.7 Å². The van der Waals surface area contributed by atoms with E-state index in [1.807, 2.05) is 6.92 Å². The summed E-state index contributed by atoms with van der Waals surface area (Å²) in [5.74, 6) is -2.84. The van der Waals surface area contributed by atoms with E-state index in [9.17, 15) is 23.2 Å². The van der Waals surface area contributed by atoms with Crippen LogP contribution in [0, 0.1) is 11.6 Å². The van der Waals surface area contributed by atoms with E-state index in [4.69, 9.17) is 9.47 Å². The minimum absolute atomic E-state index is 0.0884. The number of nitrogens with one attached hydrogen (secondary N) is 1. The van der Waals surface area contributed by atoms with Crippen molar-refractivity contribution in [2.24, 2.45) is 0 Å². The van der Waals surface area contributed by atoms with Crippen LogP contribution in [-0.2, 0) is 14.3 Å². The maximum Gasteiger partial charge on any atom is 0.307 e. The summed E-state index contributed by atoms with van der Waals surface area (Å²) >= 11 is 0. The van der Waals surface area contributed by atoms with Crippen molar-refractivity contribution >= 4 is 23.3 Å². The quantitative estimate of drug-likeness (QED) is 0.459. The van der Waals surface area contributed by atoms with Gasteiger partial charge in [0.1, 0.15) is 17.4 Å². The molecule has 0 bridgehead atoms. The van der Waals surface area contributed by atoms with E-state index < -0.39 is 29.6 Å². The van der Waals surface area contributed by atoms with Crippen LogP contribution in [0.25, 0.3) is 0 Å². The maximum absolute atomic E-state index is 13.6. The molecule has 0 radical (unpaired) electrons. The predicted octanol–water partition coefficient (Wildman–Crippen LogP) is 4.29. The molecule has 0 aliphatic heterocycles. The number of carbonyl (C=O) groups excluding carboxylic acids is 3. The molecule has 30 heavy (non-hydrogen) atoms. The van der Waals surface area contributed by atoms with Gasteiger partial charge in [-0.25, -0.2) is 8.78 Å². The molecule has 8 heteroatoms. The van der Waals surface area contributed by atoms with Crippen molar-refractivity contribution in [2.45, 2.75) is 39.2 Å². The number of benzene rings is 2. The van der Waals surface area contributed by atoms with Crippen LogP contribution in [0.2, 0.25) is 0 Å². The fourth-order valence-corrected chi connectivity index (χ4v) is 2.45. The molecule has 0 spiro atoms. The van der Waals surface area contributed by atoms with Crippen LogP contribution in [0.4, 0.5) is 14.5 Å². The number of Topliss-reactive ketones (excluding diaryl/α,β-unsaturated/α-hetero) is 1. The summed E-state index contributed by atoms with van der Waals surface area (Å²) < 4.78 is 36.9. The lowest BCUT2D eigenvalue weighted by molar-refractivity contribution is -0.153. The SMILES string of the molecule is CCCOc1ccc(C(=O)CCC(=O)O[C@H](C)C(=O)Nc2ccc(F)cc2F)cc1. The average Bonchev–Trinajstić information content (AvgIpc) is 2.72. The molecule has 0 aromatic heterocycles. The van der Waals surface area contributed by atoms with Crippen molar-refractivity contribution < 1.29 is 32.6 Å². The van der Waals surface area contributed by atoms with Crippen LogP contribution in [-0.4, -0.2) is 30.4 Å². The number of hydrogen-bond donors (Lipinski definition) is 1. The molecule has 0 aliphatic rings. The molecule has 6 nitrogen and oxygen atoms in total. The van der Waals surface area contributed by atoms with Gasteiger partial charge in [-0.1, -0.05) is 6.92 Å². The Bertz CT molecular complexity index is 899. The first-order valence-electron chi connectivity index (χ1n) is 9.51. The van der Waals surface area contributed by atoms with Crippen molar-refractivity contribution in [1.82, 2.24) is 0 Å². The van der Waals surface area contributed by atoms with Crippen LogP contribution >= 0.6 is 0 Å². The number of anilines is 1. The Morgan fingerprint density at radius 2 is 1.73 bits per heavy atom. The number of carbonyl (C=O) groups is 3. The normalized spacial score (nSPS) is 11.5. The van der Waals surface area contributed by atoms with Gasteiger partial charge in [0.05, 0.1) is 18.7 Å². The minimum Gasteiger partial charge on any atom is -0.494 e. The van der Waals surface area contributed by atoms with Crippen molar-refractivity contribution in [1.29, 1.82) is 0 Å². The third-order valence-corrected chi connectivity index (χ3v) is 4.07. The lowest BCUT2D eigenvalue weighted by Crippen LogP contribution is -2.30. The van der Waals surface area contributed by atoms with E-state index in [1.54, 1.807) is 24.3 Å². The number of ketones is 1. The Morgan fingerprint density at radius 1 is 1.03 bits per heavy atom. The molecular formula is C22H23F2NO5. The summed E-state index contributed by atoms with van der Waals surface area (Å²) in [6.07, 6.45) is -0.644. The van der Waals surface area contributed by atoms with Gasteiger partial charge in [0.25, 0.3) is 5.91 Å². The van der Waals surface area contributed by atoms with E-state index in [2.05, 4.69) is 5.32 Å². The lowest BCUT2D eigenvalue weighted by atomic mass is 10.1. The van der Waals surface area contributed by atoms with Gasteiger partial charge >= 0.3 is 5.97 Å². The minimum atomic E-state index is -1.22. The van der Waals surface area contributed by atoms with E-state index in [0.29, 0.717) is 24.0 Å². The Labute approximate surface area is 173 Å². The first-order valence-corrected chi connectivity index (χ1v) is 9.51. The van der Waals surface area contributed by atoms with Crippen LogP contribution in [0.5, 0.6) is 5.75 Å². The van der Waals surface area contributed by atoms with Crippen molar-refractivity contribution in [3.05, 3.63) is 59.7 Å². The van der Waals surface area contributed by atoms with Crippen LogP contribution < -0.4 is 10.1 Å². The molecular weight excluding hydrogens is 396 g/mol. The molecule has 0 saturated carbocycles.